The molecule has 0 fully saturated rings. The Bertz CT molecular complexity index is 441. The second-order valence-electron chi connectivity index (χ2n) is 3.57. The quantitative estimate of drug-likeness (QED) is 0.623. The van der Waals surface area contributed by atoms with Crippen LogP contribution < -0.4 is 11.3 Å². The predicted molar refractivity (Wildman–Crippen MR) is 64.9 cm³/mol. The van der Waals surface area contributed by atoms with Crippen LogP contribution in [0.1, 0.15) is 22.2 Å². The van der Waals surface area contributed by atoms with Gasteiger partial charge >= 0.3 is 0 Å². The van der Waals surface area contributed by atoms with E-state index in [1.54, 1.807) is 17.5 Å². The third kappa shape index (κ3) is 2.44. The van der Waals surface area contributed by atoms with Crippen molar-refractivity contribution in [2.24, 2.45) is 5.84 Å². The summed E-state index contributed by atoms with van der Waals surface area (Å²) in [5, 5.41) is 0. The van der Waals surface area contributed by atoms with E-state index in [0.717, 1.165) is 17.7 Å². The van der Waals surface area contributed by atoms with Crippen molar-refractivity contribution in [3.63, 3.8) is 0 Å². The van der Waals surface area contributed by atoms with E-state index >= 15 is 0 Å². The summed E-state index contributed by atoms with van der Waals surface area (Å²) in [6, 6.07) is 4.07. The fourth-order valence-corrected chi connectivity index (χ4v) is 2.31. The van der Waals surface area contributed by atoms with Gasteiger partial charge in [0.05, 0.1) is 11.6 Å². The van der Waals surface area contributed by atoms with Crippen LogP contribution >= 0.6 is 11.3 Å². The van der Waals surface area contributed by atoms with Crippen molar-refractivity contribution in [3.05, 3.63) is 46.2 Å². The molecule has 0 aliphatic carbocycles. The highest BCUT2D eigenvalue weighted by Crippen LogP contribution is 2.21. The van der Waals surface area contributed by atoms with Gasteiger partial charge in [-0.3, -0.25) is 21.2 Å². The van der Waals surface area contributed by atoms with Crippen molar-refractivity contribution in [2.45, 2.75) is 19.4 Å². The molecule has 2 aromatic heterocycles. The summed E-state index contributed by atoms with van der Waals surface area (Å²) in [6.45, 7) is 1.99. The van der Waals surface area contributed by atoms with Crippen molar-refractivity contribution >= 4 is 11.3 Å². The van der Waals surface area contributed by atoms with Crippen molar-refractivity contribution in [1.29, 1.82) is 0 Å². The van der Waals surface area contributed by atoms with E-state index in [0.29, 0.717) is 0 Å². The molecule has 16 heavy (non-hydrogen) atoms. The van der Waals surface area contributed by atoms with Crippen LogP contribution in [-0.4, -0.2) is 9.97 Å². The molecule has 0 saturated heterocycles. The summed E-state index contributed by atoms with van der Waals surface area (Å²) in [4.78, 5) is 9.54. The molecule has 1 unspecified atom stereocenters. The van der Waals surface area contributed by atoms with Gasteiger partial charge in [0, 0.05) is 29.4 Å². The average Bonchev–Trinajstić information content (AvgIpc) is 2.80. The molecule has 0 spiro atoms. The Morgan fingerprint density at radius 2 is 2.44 bits per heavy atom. The van der Waals surface area contributed by atoms with Crippen LogP contribution in [-0.2, 0) is 6.42 Å². The molecule has 0 aliphatic rings. The monoisotopic (exact) mass is 234 g/mol. The van der Waals surface area contributed by atoms with Crippen LogP contribution in [0.2, 0.25) is 0 Å². The van der Waals surface area contributed by atoms with Gasteiger partial charge < -0.3 is 0 Å². The minimum absolute atomic E-state index is 0.0918. The van der Waals surface area contributed by atoms with Crippen LogP contribution in [0, 0.1) is 6.92 Å². The summed E-state index contributed by atoms with van der Waals surface area (Å²) in [5.74, 6) is 5.60. The molecule has 0 amide bonds. The number of hydrogen-bond donors (Lipinski definition) is 2. The zero-order valence-electron chi connectivity index (χ0n) is 9.05. The number of nitrogens with two attached hydrogens (primary N) is 1. The smallest absolute Gasteiger partial charge is 0.0794 e. The Morgan fingerprint density at radius 3 is 3.06 bits per heavy atom. The fraction of sp³-hybridized carbons (Fsp3) is 0.273. The van der Waals surface area contributed by atoms with Crippen molar-refractivity contribution in [2.75, 3.05) is 0 Å². The maximum Gasteiger partial charge on any atom is 0.0794 e. The average molecular weight is 234 g/mol. The lowest BCUT2D eigenvalue weighted by Gasteiger charge is -2.16. The van der Waals surface area contributed by atoms with E-state index < -0.39 is 0 Å². The highest BCUT2D eigenvalue weighted by Gasteiger charge is 2.13. The SMILES string of the molecule is Cc1ncccc1C(Cc1cncs1)NN. The highest BCUT2D eigenvalue weighted by atomic mass is 32.1. The van der Waals surface area contributed by atoms with Gasteiger partial charge in [-0.15, -0.1) is 11.3 Å². The van der Waals surface area contributed by atoms with Crippen molar-refractivity contribution < 1.29 is 0 Å². The molecule has 0 aliphatic heterocycles. The summed E-state index contributed by atoms with van der Waals surface area (Å²) in [5.41, 5.74) is 6.82. The van der Waals surface area contributed by atoms with Crippen LogP contribution in [0.4, 0.5) is 0 Å². The maximum atomic E-state index is 5.60. The molecule has 2 aromatic rings. The minimum Gasteiger partial charge on any atom is -0.271 e. The number of nitrogens with zero attached hydrogens (tertiary/aromatic N) is 2. The number of aromatic nitrogens is 2. The van der Waals surface area contributed by atoms with Crippen molar-refractivity contribution in [3.8, 4) is 0 Å². The summed E-state index contributed by atoms with van der Waals surface area (Å²) < 4.78 is 0. The molecule has 0 saturated carbocycles. The Hall–Kier alpha value is -1.30. The van der Waals surface area contributed by atoms with Gasteiger partial charge in [-0.05, 0) is 18.6 Å². The van der Waals surface area contributed by atoms with Gasteiger partial charge in [-0.25, -0.2) is 0 Å². The zero-order chi connectivity index (χ0) is 11.4. The van der Waals surface area contributed by atoms with E-state index in [2.05, 4.69) is 15.4 Å². The van der Waals surface area contributed by atoms with Crippen molar-refractivity contribution in [1.82, 2.24) is 15.4 Å². The summed E-state index contributed by atoms with van der Waals surface area (Å²) >= 11 is 1.64. The van der Waals surface area contributed by atoms with E-state index in [1.807, 2.05) is 30.8 Å². The molecule has 2 rings (SSSR count). The van der Waals surface area contributed by atoms with Crippen LogP contribution in [0.5, 0.6) is 0 Å². The second-order valence-corrected chi connectivity index (χ2v) is 4.54. The molecule has 0 radical (unpaired) electrons. The van der Waals surface area contributed by atoms with E-state index in [-0.39, 0.29) is 6.04 Å². The lowest BCUT2D eigenvalue weighted by atomic mass is 10.0. The van der Waals surface area contributed by atoms with Crippen LogP contribution in [0.25, 0.3) is 0 Å². The van der Waals surface area contributed by atoms with Crippen LogP contribution in [0.3, 0.4) is 0 Å². The van der Waals surface area contributed by atoms with Gasteiger partial charge in [-0.1, -0.05) is 6.07 Å². The largest absolute Gasteiger partial charge is 0.271 e. The zero-order valence-corrected chi connectivity index (χ0v) is 9.87. The Balaban J connectivity index is 2.20. The van der Waals surface area contributed by atoms with E-state index in [9.17, 15) is 0 Å². The predicted octanol–water partition coefficient (Wildman–Crippen LogP) is 1.59. The molecule has 1 atom stereocenters. The molecule has 0 bridgehead atoms. The number of hydrazine groups is 1. The molecule has 3 N–H and O–H groups in total. The van der Waals surface area contributed by atoms with Gasteiger partial charge in [-0.2, -0.15) is 0 Å². The van der Waals surface area contributed by atoms with E-state index in [1.165, 1.54) is 4.88 Å². The Kier molecular flexibility index (Phi) is 3.61. The number of thiazole rings is 1. The number of aryl methyl sites for hydroxylation is 1. The fourth-order valence-electron chi connectivity index (χ4n) is 1.67. The van der Waals surface area contributed by atoms with Gasteiger partial charge in [0.1, 0.15) is 0 Å². The Morgan fingerprint density at radius 1 is 1.56 bits per heavy atom. The summed E-state index contributed by atoms with van der Waals surface area (Å²) in [7, 11) is 0. The number of rotatable bonds is 4. The third-order valence-corrected chi connectivity index (χ3v) is 3.32. The minimum atomic E-state index is 0.0918. The topological polar surface area (TPSA) is 63.8 Å². The highest BCUT2D eigenvalue weighted by molar-refractivity contribution is 7.09. The Labute approximate surface area is 98.5 Å². The molecule has 0 aromatic carbocycles. The lowest BCUT2D eigenvalue weighted by Crippen LogP contribution is -2.30. The van der Waals surface area contributed by atoms with Gasteiger partial charge in [0.25, 0.3) is 0 Å². The molecule has 84 valence electrons. The normalized spacial score (nSPS) is 12.6. The first-order valence-corrected chi connectivity index (χ1v) is 5.94. The van der Waals surface area contributed by atoms with E-state index in [4.69, 9.17) is 5.84 Å². The molecular weight excluding hydrogens is 220 g/mol. The molecule has 4 nitrogen and oxygen atoms in total. The molecule has 5 heteroatoms. The standard InChI is InChI=1S/C11H14N4S/c1-8-10(3-2-4-14-8)11(15-12)5-9-6-13-7-16-9/h2-4,6-7,11,15H,5,12H2,1H3. The number of hydrogen-bond acceptors (Lipinski definition) is 5. The molecule has 2 heterocycles. The second kappa shape index (κ2) is 5.16. The first-order valence-electron chi connectivity index (χ1n) is 5.06. The number of nitrogens with one attached hydrogen (secondary N) is 1. The van der Waals surface area contributed by atoms with Gasteiger partial charge in [0.2, 0.25) is 0 Å². The van der Waals surface area contributed by atoms with Gasteiger partial charge in [0.15, 0.2) is 0 Å². The van der Waals surface area contributed by atoms with Crippen LogP contribution in [0.15, 0.2) is 30.0 Å². The first kappa shape index (κ1) is 11.2. The third-order valence-electron chi connectivity index (χ3n) is 2.51. The molecular formula is C11H14N4S. The maximum absolute atomic E-state index is 5.60. The lowest BCUT2D eigenvalue weighted by molar-refractivity contribution is 0.550. The summed E-state index contributed by atoms with van der Waals surface area (Å²) in [6.07, 6.45) is 4.51. The first-order chi connectivity index (χ1) is 7.81. The number of pyridine rings is 1.